The van der Waals surface area contributed by atoms with Crippen molar-refractivity contribution in [3.05, 3.63) is 0 Å². The molecule has 1 fully saturated rings. The normalized spacial score (nSPS) is 24.5. The van der Waals surface area contributed by atoms with E-state index in [1.54, 1.807) is 20.8 Å². The average molecular weight is 398 g/mol. The molecule has 0 aromatic rings. The molecule has 0 aromatic heterocycles. The molecule has 1 saturated heterocycles. The Balaban J connectivity index is 0.000000713. The molecule has 0 aromatic carbocycles. The molecule has 0 saturated carbocycles. The number of carbonyl (C=O) groups excluding carboxylic acids is 2. The van der Waals surface area contributed by atoms with E-state index in [2.05, 4.69) is 4.74 Å². The van der Waals surface area contributed by atoms with E-state index >= 15 is 0 Å². The van der Waals surface area contributed by atoms with E-state index in [0.717, 1.165) is 12.8 Å². The Morgan fingerprint density at radius 1 is 1.30 bits per heavy atom. The van der Waals surface area contributed by atoms with Crippen LogP contribution in [0.1, 0.15) is 60.8 Å². The standard InChI is InChI=1S/C13H22F3NO2.C5H11NO2/c1-4-10-5-8(2)12(9(3)18)17(7-10)11(19)6-13(14,15)16;1-5(2,3)8-4(6)7/h8-10,12,18H,4-7H2,1-3H3;1-3H3,(H2,6,7)/t8-,9?,10?,12?;/m1./s1. The van der Waals surface area contributed by atoms with Crippen LogP contribution < -0.4 is 5.73 Å². The summed E-state index contributed by atoms with van der Waals surface area (Å²) in [6, 6.07) is -0.516. The van der Waals surface area contributed by atoms with E-state index in [4.69, 9.17) is 5.73 Å². The van der Waals surface area contributed by atoms with Crippen LogP contribution in [0.15, 0.2) is 0 Å². The van der Waals surface area contributed by atoms with Crippen LogP contribution in [-0.4, -0.2) is 52.5 Å². The topological polar surface area (TPSA) is 92.9 Å². The van der Waals surface area contributed by atoms with Crippen molar-refractivity contribution < 1.29 is 32.6 Å². The van der Waals surface area contributed by atoms with Gasteiger partial charge in [0.25, 0.3) is 0 Å². The summed E-state index contributed by atoms with van der Waals surface area (Å²) in [5.74, 6) is -0.707. The molecule has 0 spiro atoms. The highest BCUT2D eigenvalue weighted by Crippen LogP contribution is 2.33. The van der Waals surface area contributed by atoms with Gasteiger partial charge in [-0.25, -0.2) is 4.79 Å². The first-order chi connectivity index (χ1) is 12.1. The third kappa shape index (κ3) is 10.4. The van der Waals surface area contributed by atoms with Crippen LogP contribution in [0, 0.1) is 11.8 Å². The Hall–Kier alpha value is -1.51. The maximum atomic E-state index is 12.4. The minimum Gasteiger partial charge on any atom is -0.444 e. The molecule has 9 heteroatoms. The number of nitrogens with two attached hydrogens (primary N) is 1. The lowest BCUT2D eigenvalue weighted by molar-refractivity contribution is -0.168. The second-order valence-electron chi connectivity index (χ2n) is 8.09. The first-order valence-corrected chi connectivity index (χ1v) is 9.10. The fourth-order valence-corrected chi connectivity index (χ4v) is 3.32. The van der Waals surface area contributed by atoms with Crippen molar-refractivity contribution in [2.24, 2.45) is 17.6 Å². The summed E-state index contributed by atoms with van der Waals surface area (Å²) < 4.78 is 41.6. The van der Waals surface area contributed by atoms with Crippen LogP contribution in [0.4, 0.5) is 18.0 Å². The Morgan fingerprint density at radius 3 is 2.11 bits per heavy atom. The molecule has 0 aliphatic carbocycles. The van der Waals surface area contributed by atoms with Gasteiger partial charge in [-0.2, -0.15) is 13.2 Å². The van der Waals surface area contributed by atoms with E-state index in [0.29, 0.717) is 6.54 Å². The number of aliphatic hydroxyl groups is 1. The summed E-state index contributed by atoms with van der Waals surface area (Å²) in [4.78, 5) is 23.1. The van der Waals surface area contributed by atoms with Crippen molar-refractivity contribution >= 4 is 12.0 Å². The Bertz CT molecular complexity index is 490. The van der Waals surface area contributed by atoms with Crippen LogP contribution in [0.2, 0.25) is 0 Å². The van der Waals surface area contributed by atoms with Crippen molar-refractivity contribution in [1.29, 1.82) is 0 Å². The Kier molecular flexibility index (Phi) is 9.58. The van der Waals surface area contributed by atoms with Gasteiger partial charge in [0.1, 0.15) is 12.0 Å². The number of hydrogen-bond donors (Lipinski definition) is 2. The molecule has 0 radical (unpaired) electrons. The second-order valence-corrected chi connectivity index (χ2v) is 8.09. The third-order valence-corrected chi connectivity index (χ3v) is 4.25. The number of nitrogens with zero attached hydrogens (tertiary/aromatic N) is 1. The largest absolute Gasteiger partial charge is 0.444 e. The summed E-state index contributed by atoms with van der Waals surface area (Å²) in [6.07, 6.45) is -5.82. The maximum absolute atomic E-state index is 12.4. The minimum absolute atomic E-state index is 0.0101. The number of hydrogen-bond acceptors (Lipinski definition) is 4. The van der Waals surface area contributed by atoms with Gasteiger partial charge in [0.15, 0.2) is 0 Å². The number of rotatable bonds is 3. The molecule has 1 rings (SSSR count). The van der Waals surface area contributed by atoms with Gasteiger partial charge in [-0.1, -0.05) is 20.3 Å². The molecule has 0 bridgehead atoms. The number of carbonyl (C=O) groups is 2. The predicted molar refractivity (Wildman–Crippen MR) is 95.8 cm³/mol. The third-order valence-electron chi connectivity index (χ3n) is 4.25. The van der Waals surface area contributed by atoms with E-state index < -0.39 is 42.3 Å². The van der Waals surface area contributed by atoms with Crippen LogP contribution in [0.3, 0.4) is 0 Å². The molecule has 27 heavy (non-hydrogen) atoms. The van der Waals surface area contributed by atoms with E-state index in [9.17, 15) is 27.9 Å². The van der Waals surface area contributed by atoms with Crippen LogP contribution in [-0.2, 0) is 9.53 Å². The number of piperidine rings is 1. The molecule has 6 nitrogen and oxygen atoms in total. The number of ether oxygens (including phenoxy) is 1. The van der Waals surface area contributed by atoms with Gasteiger partial charge >= 0.3 is 12.3 Å². The smallest absolute Gasteiger partial charge is 0.405 e. The average Bonchev–Trinajstić information content (AvgIpc) is 2.41. The van der Waals surface area contributed by atoms with Gasteiger partial charge in [0, 0.05) is 6.54 Å². The van der Waals surface area contributed by atoms with Gasteiger partial charge in [-0.15, -0.1) is 0 Å². The first-order valence-electron chi connectivity index (χ1n) is 9.10. The second kappa shape index (κ2) is 10.1. The molecular formula is C18H33F3N2O4. The van der Waals surface area contributed by atoms with Crippen molar-refractivity contribution in [2.75, 3.05) is 6.54 Å². The van der Waals surface area contributed by atoms with Crippen molar-refractivity contribution in [1.82, 2.24) is 4.90 Å². The fraction of sp³-hybridized carbons (Fsp3) is 0.889. The fourth-order valence-electron chi connectivity index (χ4n) is 3.32. The lowest BCUT2D eigenvalue weighted by Gasteiger charge is -2.45. The van der Waals surface area contributed by atoms with Crippen molar-refractivity contribution in [3.63, 3.8) is 0 Å². The van der Waals surface area contributed by atoms with Crippen LogP contribution in [0.25, 0.3) is 0 Å². The van der Waals surface area contributed by atoms with Crippen LogP contribution in [0.5, 0.6) is 0 Å². The highest BCUT2D eigenvalue weighted by molar-refractivity contribution is 5.77. The monoisotopic (exact) mass is 398 g/mol. The zero-order valence-corrected chi connectivity index (χ0v) is 17.0. The molecule has 3 unspecified atom stereocenters. The number of primary amides is 1. The summed E-state index contributed by atoms with van der Waals surface area (Å²) in [5.41, 5.74) is 4.26. The van der Waals surface area contributed by atoms with E-state index in [1.807, 2.05) is 13.8 Å². The zero-order valence-electron chi connectivity index (χ0n) is 17.0. The number of amides is 2. The summed E-state index contributed by atoms with van der Waals surface area (Å²) >= 11 is 0. The van der Waals surface area contributed by atoms with Crippen molar-refractivity contribution in [3.8, 4) is 0 Å². The van der Waals surface area contributed by atoms with E-state index in [-0.39, 0.29) is 11.8 Å². The molecule has 1 aliphatic heterocycles. The SMILES string of the molecule is CC(C)(C)OC(N)=O.CCC1C[C@@H](C)C(C(C)O)N(C(=O)CC(F)(F)F)C1. The lowest BCUT2D eigenvalue weighted by atomic mass is 9.81. The van der Waals surface area contributed by atoms with Gasteiger partial charge in [-0.05, 0) is 46.0 Å². The van der Waals surface area contributed by atoms with Crippen molar-refractivity contribution in [2.45, 2.75) is 84.7 Å². The minimum atomic E-state index is -4.50. The highest BCUT2D eigenvalue weighted by Gasteiger charge is 2.41. The number of alkyl halides is 3. The Morgan fingerprint density at radius 2 is 1.81 bits per heavy atom. The van der Waals surface area contributed by atoms with Gasteiger partial charge < -0.3 is 20.5 Å². The summed E-state index contributed by atoms with van der Waals surface area (Å²) in [7, 11) is 0. The molecule has 1 heterocycles. The quantitative estimate of drug-likeness (QED) is 0.761. The number of aliphatic hydroxyl groups excluding tert-OH is 1. The molecule has 3 N–H and O–H groups in total. The van der Waals surface area contributed by atoms with Gasteiger partial charge in [0.05, 0.1) is 12.1 Å². The predicted octanol–water partition coefficient (Wildman–Crippen LogP) is 3.46. The molecule has 2 amide bonds. The lowest BCUT2D eigenvalue weighted by Crippen LogP contribution is -2.55. The van der Waals surface area contributed by atoms with E-state index in [1.165, 1.54) is 11.8 Å². The van der Waals surface area contributed by atoms with Gasteiger partial charge in [-0.3, -0.25) is 4.79 Å². The number of likely N-dealkylation sites (tertiary alicyclic amines) is 1. The number of halogens is 3. The Labute approximate surface area is 159 Å². The molecule has 4 atom stereocenters. The van der Waals surface area contributed by atoms with Gasteiger partial charge in [0.2, 0.25) is 5.91 Å². The molecular weight excluding hydrogens is 365 g/mol. The highest BCUT2D eigenvalue weighted by atomic mass is 19.4. The molecule has 1 aliphatic rings. The maximum Gasteiger partial charge on any atom is 0.405 e. The first kappa shape index (κ1) is 25.5. The summed E-state index contributed by atoms with van der Waals surface area (Å²) in [5, 5.41) is 9.75. The van der Waals surface area contributed by atoms with Crippen LogP contribution >= 0.6 is 0 Å². The zero-order chi connectivity index (χ0) is 21.6. The molecule has 160 valence electrons. The summed E-state index contributed by atoms with van der Waals surface area (Å²) in [6.45, 7) is 11.0.